The Morgan fingerprint density at radius 1 is 1.04 bits per heavy atom. The maximum absolute atomic E-state index is 12.4. The first kappa shape index (κ1) is 19.1. The summed E-state index contributed by atoms with van der Waals surface area (Å²) in [6.07, 6.45) is 3.34. The monoisotopic (exact) mass is 375 g/mol. The average molecular weight is 375 g/mol. The summed E-state index contributed by atoms with van der Waals surface area (Å²) in [5, 5.41) is 11.4. The summed E-state index contributed by atoms with van der Waals surface area (Å²) in [7, 11) is 0. The zero-order chi connectivity index (χ0) is 19.4. The van der Waals surface area contributed by atoms with E-state index in [1.54, 1.807) is 6.07 Å². The molecular weight excluding hydrogens is 350 g/mol. The number of nitro groups is 1. The molecule has 0 aliphatic carbocycles. The molecule has 2 amide bonds. The zero-order valence-electron chi connectivity index (χ0n) is 15.3. The van der Waals surface area contributed by atoms with E-state index in [0.717, 1.165) is 25.9 Å². The molecule has 1 aromatic rings. The third kappa shape index (κ3) is 4.54. The molecule has 9 nitrogen and oxygen atoms in total. The van der Waals surface area contributed by atoms with Gasteiger partial charge in [0.05, 0.1) is 11.5 Å². The smallest absolute Gasteiger partial charge is 0.293 e. The predicted molar refractivity (Wildman–Crippen MR) is 101 cm³/mol. The van der Waals surface area contributed by atoms with E-state index in [1.807, 2.05) is 9.80 Å². The summed E-state index contributed by atoms with van der Waals surface area (Å²) in [5.41, 5.74) is 5.70. The number of rotatable bonds is 5. The van der Waals surface area contributed by atoms with Crippen molar-refractivity contribution in [3.05, 3.63) is 33.9 Å². The number of carbonyl (C=O) groups excluding carboxylic acids is 2. The molecule has 0 saturated carbocycles. The molecule has 1 aromatic carbocycles. The molecule has 0 unspecified atom stereocenters. The topological polar surface area (TPSA) is 113 Å². The molecule has 2 aliphatic heterocycles. The minimum atomic E-state index is -0.689. The number of benzene rings is 1. The lowest BCUT2D eigenvalue weighted by Gasteiger charge is -2.36. The van der Waals surface area contributed by atoms with E-state index in [9.17, 15) is 19.7 Å². The Balaban J connectivity index is 1.61. The van der Waals surface area contributed by atoms with Gasteiger partial charge in [0, 0.05) is 50.9 Å². The molecule has 0 spiro atoms. The van der Waals surface area contributed by atoms with E-state index in [4.69, 9.17) is 5.73 Å². The van der Waals surface area contributed by atoms with Crippen LogP contribution in [0.4, 0.5) is 11.4 Å². The Bertz CT molecular complexity index is 724. The zero-order valence-corrected chi connectivity index (χ0v) is 15.3. The first-order valence-corrected chi connectivity index (χ1v) is 9.29. The van der Waals surface area contributed by atoms with Crippen LogP contribution in [0.2, 0.25) is 0 Å². The SMILES string of the molecule is NC(=O)c1ccc(N2CCN(CC(=O)N3CCCCC3)CC2)c([N+](=O)[O-])c1. The second-order valence-electron chi connectivity index (χ2n) is 7.03. The fraction of sp³-hybridized carbons (Fsp3) is 0.556. The minimum absolute atomic E-state index is 0.121. The molecular formula is C18H25N5O4. The van der Waals surface area contributed by atoms with E-state index in [1.165, 1.54) is 18.6 Å². The Morgan fingerprint density at radius 3 is 2.30 bits per heavy atom. The van der Waals surface area contributed by atoms with Gasteiger partial charge in [0.2, 0.25) is 11.8 Å². The summed E-state index contributed by atoms with van der Waals surface area (Å²) >= 11 is 0. The number of hydrogen-bond acceptors (Lipinski definition) is 6. The molecule has 27 heavy (non-hydrogen) atoms. The van der Waals surface area contributed by atoms with Crippen molar-refractivity contribution in [2.75, 3.05) is 50.7 Å². The molecule has 2 fully saturated rings. The number of piperazine rings is 1. The number of likely N-dealkylation sites (tertiary alicyclic amines) is 1. The van der Waals surface area contributed by atoms with Gasteiger partial charge < -0.3 is 15.5 Å². The van der Waals surface area contributed by atoms with Crippen LogP contribution in [0.15, 0.2) is 18.2 Å². The lowest BCUT2D eigenvalue weighted by Crippen LogP contribution is -2.50. The van der Waals surface area contributed by atoms with E-state index in [0.29, 0.717) is 38.4 Å². The van der Waals surface area contributed by atoms with Crippen LogP contribution >= 0.6 is 0 Å². The molecule has 0 aromatic heterocycles. The molecule has 2 heterocycles. The number of amides is 2. The van der Waals surface area contributed by atoms with E-state index in [-0.39, 0.29) is 17.2 Å². The van der Waals surface area contributed by atoms with E-state index in [2.05, 4.69) is 4.90 Å². The summed E-state index contributed by atoms with van der Waals surface area (Å²) in [6.45, 7) is 4.58. The highest BCUT2D eigenvalue weighted by Gasteiger charge is 2.26. The van der Waals surface area contributed by atoms with E-state index < -0.39 is 10.8 Å². The Morgan fingerprint density at radius 2 is 1.70 bits per heavy atom. The van der Waals surface area contributed by atoms with Gasteiger partial charge in [-0.1, -0.05) is 0 Å². The Labute approximate surface area is 157 Å². The van der Waals surface area contributed by atoms with Crippen LogP contribution < -0.4 is 10.6 Å². The fourth-order valence-electron chi connectivity index (χ4n) is 3.67. The third-order valence-electron chi connectivity index (χ3n) is 5.24. The number of piperidine rings is 1. The van der Waals surface area contributed by atoms with Crippen LogP contribution in [-0.4, -0.2) is 72.4 Å². The number of hydrogen-bond donors (Lipinski definition) is 1. The summed E-state index contributed by atoms with van der Waals surface area (Å²) in [6, 6.07) is 4.31. The normalized spacial score (nSPS) is 18.4. The average Bonchev–Trinajstić information content (AvgIpc) is 2.68. The van der Waals surface area contributed by atoms with Gasteiger partial charge in [-0.3, -0.25) is 24.6 Å². The quantitative estimate of drug-likeness (QED) is 0.602. The van der Waals surface area contributed by atoms with E-state index >= 15 is 0 Å². The van der Waals surface area contributed by atoms with Gasteiger partial charge in [0.1, 0.15) is 5.69 Å². The van der Waals surface area contributed by atoms with Crippen LogP contribution in [0, 0.1) is 10.1 Å². The van der Waals surface area contributed by atoms with Crippen LogP contribution in [0.25, 0.3) is 0 Å². The molecule has 3 rings (SSSR count). The molecule has 2 aliphatic rings. The van der Waals surface area contributed by atoms with Crippen LogP contribution in [0.5, 0.6) is 0 Å². The second-order valence-corrected chi connectivity index (χ2v) is 7.03. The van der Waals surface area contributed by atoms with Gasteiger partial charge in [0.25, 0.3) is 5.69 Å². The molecule has 2 N–H and O–H groups in total. The van der Waals surface area contributed by atoms with Gasteiger partial charge in [-0.2, -0.15) is 0 Å². The fourth-order valence-corrected chi connectivity index (χ4v) is 3.67. The third-order valence-corrected chi connectivity index (χ3v) is 5.24. The molecule has 0 bridgehead atoms. The van der Waals surface area contributed by atoms with Crippen LogP contribution in [0.1, 0.15) is 29.6 Å². The number of anilines is 1. The lowest BCUT2D eigenvalue weighted by molar-refractivity contribution is -0.384. The van der Waals surface area contributed by atoms with Crippen molar-refractivity contribution in [3.8, 4) is 0 Å². The van der Waals surface area contributed by atoms with Crippen molar-refractivity contribution in [2.24, 2.45) is 5.73 Å². The van der Waals surface area contributed by atoms with Gasteiger partial charge in [0.15, 0.2) is 0 Å². The lowest BCUT2D eigenvalue weighted by atomic mass is 10.1. The summed E-state index contributed by atoms with van der Waals surface area (Å²) in [4.78, 5) is 40.5. The van der Waals surface area contributed by atoms with Gasteiger partial charge in [-0.15, -0.1) is 0 Å². The van der Waals surface area contributed by atoms with Crippen molar-refractivity contribution in [3.63, 3.8) is 0 Å². The van der Waals surface area contributed by atoms with Crippen LogP contribution in [0.3, 0.4) is 0 Å². The second kappa shape index (κ2) is 8.34. The van der Waals surface area contributed by atoms with Crippen molar-refractivity contribution < 1.29 is 14.5 Å². The van der Waals surface area contributed by atoms with Gasteiger partial charge >= 0.3 is 0 Å². The molecule has 0 atom stereocenters. The maximum Gasteiger partial charge on any atom is 0.293 e. The molecule has 146 valence electrons. The first-order valence-electron chi connectivity index (χ1n) is 9.29. The van der Waals surface area contributed by atoms with Crippen molar-refractivity contribution in [1.82, 2.24) is 9.80 Å². The number of primary amides is 1. The van der Waals surface area contributed by atoms with Gasteiger partial charge in [-0.25, -0.2) is 0 Å². The summed E-state index contributed by atoms with van der Waals surface area (Å²) in [5.74, 6) is -0.523. The highest BCUT2D eigenvalue weighted by molar-refractivity contribution is 5.94. The largest absolute Gasteiger partial charge is 0.366 e. The molecule has 9 heteroatoms. The van der Waals surface area contributed by atoms with Gasteiger partial charge in [-0.05, 0) is 31.4 Å². The molecule has 2 saturated heterocycles. The van der Waals surface area contributed by atoms with Crippen LogP contribution in [-0.2, 0) is 4.79 Å². The minimum Gasteiger partial charge on any atom is -0.366 e. The maximum atomic E-state index is 12.4. The van der Waals surface area contributed by atoms with Crippen molar-refractivity contribution in [2.45, 2.75) is 19.3 Å². The Kier molecular flexibility index (Phi) is 5.90. The number of nitro benzene ring substituents is 1. The first-order chi connectivity index (χ1) is 13.0. The highest BCUT2D eigenvalue weighted by Crippen LogP contribution is 2.30. The number of carbonyl (C=O) groups is 2. The highest BCUT2D eigenvalue weighted by atomic mass is 16.6. The van der Waals surface area contributed by atoms with Crippen molar-refractivity contribution >= 4 is 23.2 Å². The summed E-state index contributed by atoms with van der Waals surface area (Å²) < 4.78 is 0. The molecule has 0 radical (unpaired) electrons. The van der Waals surface area contributed by atoms with Crippen molar-refractivity contribution in [1.29, 1.82) is 0 Å². The standard InChI is InChI=1S/C18H25N5O4/c19-18(25)14-4-5-15(16(12-14)23(26)27)21-10-8-20(9-11-21)13-17(24)22-6-2-1-3-7-22/h4-5,12H,1-3,6-11,13H2,(H2,19,25). The predicted octanol–water partition coefficient (Wildman–Crippen LogP) is 0.828. The number of nitrogens with zero attached hydrogens (tertiary/aromatic N) is 4. The Hall–Kier alpha value is -2.68. The number of nitrogens with two attached hydrogens (primary N) is 1.